The number of ketones is 1. The van der Waals surface area contributed by atoms with Gasteiger partial charge in [-0.15, -0.1) is 0 Å². The van der Waals surface area contributed by atoms with Crippen molar-refractivity contribution in [2.24, 2.45) is 0 Å². The highest BCUT2D eigenvalue weighted by atomic mass is 16.5. The predicted molar refractivity (Wildman–Crippen MR) is 106 cm³/mol. The second-order valence-corrected chi connectivity index (χ2v) is 7.52. The largest absolute Gasteiger partial charge is 0.462 e. The maximum absolute atomic E-state index is 12.9. The van der Waals surface area contributed by atoms with E-state index in [9.17, 15) is 9.59 Å². The number of ether oxygens (including phenoxy) is 1. The van der Waals surface area contributed by atoms with Gasteiger partial charge in [0.25, 0.3) is 0 Å². The standard InChI is InChI=1S/C23H29NO3/c1-4-5-6-14-27-23(26)20-16(3)24-18-8-7-9-19(25)22(18)21(20)17-12-10-15(2)11-13-17/h10-13,21,24H,4-9,14H2,1-3H3/t21-/m0/s1. The molecule has 4 heteroatoms. The highest BCUT2D eigenvalue weighted by Gasteiger charge is 2.38. The number of Topliss-reactive ketones (excluding diaryl/α,β-unsaturated/α-hetero) is 1. The van der Waals surface area contributed by atoms with Crippen LogP contribution in [-0.2, 0) is 14.3 Å². The van der Waals surface area contributed by atoms with Crippen LogP contribution in [0.5, 0.6) is 0 Å². The van der Waals surface area contributed by atoms with Crippen molar-refractivity contribution in [2.45, 2.75) is 65.2 Å². The molecule has 0 fully saturated rings. The normalized spacial score (nSPS) is 19.7. The van der Waals surface area contributed by atoms with Gasteiger partial charge >= 0.3 is 5.97 Å². The van der Waals surface area contributed by atoms with Crippen LogP contribution in [0.2, 0.25) is 0 Å². The van der Waals surface area contributed by atoms with Crippen LogP contribution >= 0.6 is 0 Å². The molecule has 2 aliphatic rings. The summed E-state index contributed by atoms with van der Waals surface area (Å²) in [4.78, 5) is 25.7. The molecular formula is C23H29NO3. The number of hydrogen-bond donors (Lipinski definition) is 1. The summed E-state index contributed by atoms with van der Waals surface area (Å²) in [6.07, 6.45) is 5.23. The molecule has 1 N–H and O–H groups in total. The number of allylic oxidation sites excluding steroid dienone is 3. The zero-order chi connectivity index (χ0) is 19.4. The van der Waals surface area contributed by atoms with Gasteiger partial charge in [0, 0.05) is 29.3 Å². The Morgan fingerprint density at radius 2 is 1.89 bits per heavy atom. The molecule has 1 atom stereocenters. The lowest BCUT2D eigenvalue weighted by Crippen LogP contribution is -2.34. The third kappa shape index (κ3) is 4.15. The zero-order valence-corrected chi connectivity index (χ0v) is 16.6. The van der Waals surface area contributed by atoms with Crippen molar-refractivity contribution in [1.82, 2.24) is 5.32 Å². The number of dihydropyridines is 1. The highest BCUT2D eigenvalue weighted by Crippen LogP contribution is 2.42. The number of hydrogen-bond acceptors (Lipinski definition) is 4. The minimum atomic E-state index is -0.340. The van der Waals surface area contributed by atoms with Gasteiger partial charge in [0.1, 0.15) is 0 Å². The Kier molecular flexibility index (Phi) is 6.15. The van der Waals surface area contributed by atoms with Gasteiger partial charge in [-0.05, 0) is 38.7 Å². The average Bonchev–Trinajstić information content (AvgIpc) is 2.65. The number of carbonyl (C=O) groups excluding carboxylic acids is 2. The van der Waals surface area contributed by atoms with Crippen LogP contribution in [-0.4, -0.2) is 18.4 Å². The van der Waals surface area contributed by atoms with Crippen molar-refractivity contribution in [2.75, 3.05) is 6.61 Å². The Hall–Kier alpha value is -2.36. The van der Waals surface area contributed by atoms with E-state index in [0.717, 1.165) is 60.2 Å². The number of nitrogens with one attached hydrogen (secondary N) is 1. The van der Waals surface area contributed by atoms with Crippen molar-refractivity contribution in [1.29, 1.82) is 0 Å². The maximum Gasteiger partial charge on any atom is 0.336 e. The summed E-state index contributed by atoms with van der Waals surface area (Å²) in [6.45, 7) is 6.49. The van der Waals surface area contributed by atoms with E-state index in [1.165, 1.54) is 0 Å². The second-order valence-electron chi connectivity index (χ2n) is 7.52. The third-order valence-electron chi connectivity index (χ3n) is 5.39. The molecule has 0 amide bonds. The Balaban J connectivity index is 1.97. The van der Waals surface area contributed by atoms with Gasteiger partial charge in [-0.3, -0.25) is 4.79 Å². The monoisotopic (exact) mass is 367 g/mol. The first-order valence-corrected chi connectivity index (χ1v) is 10.0. The fourth-order valence-electron chi connectivity index (χ4n) is 3.94. The molecular weight excluding hydrogens is 338 g/mol. The molecule has 144 valence electrons. The van der Waals surface area contributed by atoms with Crippen LogP contribution in [0.1, 0.15) is 69.4 Å². The average molecular weight is 367 g/mol. The molecule has 1 aliphatic heterocycles. The van der Waals surface area contributed by atoms with Gasteiger partial charge in [0.15, 0.2) is 5.78 Å². The molecule has 0 aromatic heterocycles. The zero-order valence-electron chi connectivity index (χ0n) is 16.6. The summed E-state index contributed by atoms with van der Waals surface area (Å²) in [5.41, 5.74) is 5.22. The molecule has 0 saturated carbocycles. The van der Waals surface area contributed by atoms with Crippen LogP contribution in [0, 0.1) is 6.92 Å². The van der Waals surface area contributed by atoms with E-state index in [-0.39, 0.29) is 17.7 Å². The number of unbranched alkanes of at least 4 members (excludes halogenated alkanes) is 2. The van der Waals surface area contributed by atoms with Crippen molar-refractivity contribution < 1.29 is 14.3 Å². The predicted octanol–water partition coefficient (Wildman–Crippen LogP) is 4.70. The molecule has 4 nitrogen and oxygen atoms in total. The Morgan fingerprint density at radius 1 is 1.15 bits per heavy atom. The van der Waals surface area contributed by atoms with Crippen LogP contribution in [0.25, 0.3) is 0 Å². The summed E-state index contributed by atoms with van der Waals surface area (Å²) in [6, 6.07) is 8.11. The summed E-state index contributed by atoms with van der Waals surface area (Å²) in [5.74, 6) is -0.516. The van der Waals surface area contributed by atoms with Gasteiger partial charge in [-0.2, -0.15) is 0 Å². The number of aryl methyl sites for hydroxylation is 1. The molecule has 1 aromatic carbocycles. The molecule has 0 spiro atoms. The lowest BCUT2D eigenvalue weighted by atomic mass is 9.75. The van der Waals surface area contributed by atoms with Crippen molar-refractivity contribution in [3.63, 3.8) is 0 Å². The quantitative estimate of drug-likeness (QED) is 0.585. The molecule has 0 radical (unpaired) electrons. The second kappa shape index (κ2) is 8.55. The van der Waals surface area contributed by atoms with E-state index in [0.29, 0.717) is 18.6 Å². The third-order valence-corrected chi connectivity index (χ3v) is 5.39. The number of carbonyl (C=O) groups is 2. The first kappa shape index (κ1) is 19.4. The van der Waals surface area contributed by atoms with Crippen molar-refractivity contribution in [3.05, 3.63) is 57.9 Å². The molecule has 1 aromatic rings. The van der Waals surface area contributed by atoms with Crippen LogP contribution in [0.15, 0.2) is 46.8 Å². The fraction of sp³-hybridized carbons (Fsp3) is 0.478. The topological polar surface area (TPSA) is 55.4 Å². The fourth-order valence-corrected chi connectivity index (χ4v) is 3.94. The molecule has 0 bridgehead atoms. The van der Waals surface area contributed by atoms with Gasteiger partial charge < -0.3 is 10.1 Å². The summed E-state index contributed by atoms with van der Waals surface area (Å²) >= 11 is 0. The van der Waals surface area contributed by atoms with E-state index in [2.05, 4.69) is 12.2 Å². The Bertz CT molecular complexity index is 786. The maximum atomic E-state index is 12.9. The summed E-state index contributed by atoms with van der Waals surface area (Å²) in [7, 11) is 0. The van der Waals surface area contributed by atoms with Gasteiger partial charge in [0.2, 0.25) is 0 Å². The minimum absolute atomic E-state index is 0.137. The molecule has 3 rings (SSSR count). The Labute approximate surface area is 161 Å². The van der Waals surface area contributed by atoms with Crippen molar-refractivity contribution in [3.8, 4) is 0 Å². The van der Waals surface area contributed by atoms with E-state index in [1.807, 2.05) is 38.1 Å². The van der Waals surface area contributed by atoms with Gasteiger partial charge in [0.05, 0.1) is 12.2 Å². The number of benzene rings is 1. The minimum Gasteiger partial charge on any atom is -0.462 e. The van der Waals surface area contributed by atoms with E-state index in [4.69, 9.17) is 4.74 Å². The smallest absolute Gasteiger partial charge is 0.336 e. The summed E-state index contributed by atoms with van der Waals surface area (Å²) in [5, 5.41) is 3.33. The lowest BCUT2D eigenvalue weighted by molar-refractivity contribution is -0.139. The molecule has 0 unspecified atom stereocenters. The van der Waals surface area contributed by atoms with E-state index in [1.54, 1.807) is 0 Å². The van der Waals surface area contributed by atoms with Crippen LogP contribution < -0.4 is 5.32 Å². The molecule has 1 heterocycles. The first-order valence-electron chi connectivity index (χ1n) is 10.0. The number of esters is 1. The van der Waals surface area contributed by atoms with E-state index >= 15 is 0 Å². The van der Waals surface area contributed by atoms with E-state index < -0.39 is 0 Å². The van der Waals surface area contributed by atoms with Gasteiger partial charge in [-0.1, -0.05) is 49.6 Å². The molecule has 1 aliphatic carbocycles. The van der Waals surface area contributed by atoms with Gasteiger partial charge in [-0.25, -0.2) is 4.79 Å². The van der Waals surface area contributed by atoms with Crippen LogP contribution in [0.3, 0.4) is 0 Å². The molecule has 0 saturated heterocycles. The highest BCUT2D eigenvalue weighted by molar-refractivity contribution is 6.03. The van der Waals surface area contributed by atoms with Crippen molar-refractivity contribution >= 4 is 11.8 Å². The number of rotatable bonds is 6. The SMILES string of the molecule is CCCCCOC(=O)C1=C(C)NC2=C(C(=O)CCC2)[C@H]1c1ccc(C)cc1. The summed E-state index contributed by atoms with van der Waals surface area (Å²) < 4.78 is 5.57. The molecule has 27 heavy (non-hydrogen) atoms. The Morgan fingerprint density at radius 3 is 2.59 bits per heavy atom. The van der Waals surface area contributed by atoms with Crippen LogP contribution in [0.4, 0.5) is 0 Å². The lowest BCUT2D eigenvalue weighted by Gasteiger charge is -2.34. The first-order chi connectivity index (χ1) is 13.0.